The molecule has 2 bridgehead atoms. The Labute approximate surface area is 123 Å². The highest BCUT2D eigenvalue weighted by Crippen LogP contribution is 2.59. The third-order valence-electron chi connectivity index (χ3n) is 5.43. The van der Waals surface area contributed by atoms with E-state index in [1.807, 2.05) is 27.7 Å². The van der Waals surface area contributed by atoms with Crippen molar-refractivity contribution in [2.24, 2.45) is 17.3 Å². The van der Waals surface area contributed by atoms with E-state index >= 15 is 0 Å². The fraction of sp³-hybridized carbons (Fsp3) is 0.824. The number of hydrogen-bond donors (Lipinski definition) is 1. The Bertz CT molecular complexity index is 415. The average molecular weight is 279 g/mol. The van der Waals surface area contributed by atoms with Crippen LogP contribution in [0.3, 0.4) is 0 Å². The molecule has 1 fully saturated rings. The van der Waals surface area contributed by atoms with Crippen molar-refractivity contribution >= 4 is 5.91 Å². The Kier molecular flexibility index (Phi) is 4.03. The van der Waals surface area contributed by atoms with Gasteiger partial charge in [0, 0.05) is 12.1 Å². The van der Waals surface area contributed by atoms with Crippen LogP contribution in [0.2, 0.25) is 0 Å². The molecule has 1 N–H and O–H groups in total. The molecule has 3 nitrogen and oxygen atoms in total. The maximum Gasteiger partial charge on any atom is 0.256 e. The summed E-state index contributed by atoms with van der Waals surface area (Å²) in [6.45, 7) is 12.5. The molecule has 0 aromatic carbocycles. The van der Waals surface area contributed by atoms with Gasteiger partial charge in [-0.25, -0.2) is 0 Å². The lowest BCUT2D eigenvalue weighted by atomic mass is 9.48. The number of aliphatic hydroxyl groups excluding tert-OH is 1. The zero-order valence-corrected chi connectivity index (χ0v) is 13.7. The number of fused-ring (bicyclic) bond motifs is 1. The van der Waals surface area contributed by atoms with Crippen LogP contribution >= 0.6 is 0 Å². The van der Waals surface area contributed by atoms with Crippen molar-refractivity contribution in [3.05, 3.63) is 11.6 Å². The predicted octanol–water partition coefficient (Wildman–Crippen LogP) is 2.99. The van der Waals surface area contributed by atoms with E-state index in [1.54, 1.807) is 4.90 Å². The Hall–Kier alpha value is -0.830. The molecule has 0 heterocycles. The summed E-state index contributed by atoms with van der Waals surface area (Å²) in [7, 11) is 0. The van der Waals surface area contributed by atoms with Crippen molar-refractivity contribution in [3.8, 4) is 0 Å². The fourth-order valence-corrected chi connectivity index (χ4v) is 4.09. The molecular formula is C17H29NO2. The maximum absolute atomic E-state index is 12.6. The molecule has 114 valence electrons. The Morgan fingerprint density at radius 2 is 1.85 bits per heavy atom. The number of carbonyl (C=O) groups excluding carboxylic acids is 1. The van der Waals surface area contributed by atoms with Crippen LogP contribution in [-0.2, 0) is 4.79 Å². The first-order chi connectivity index (χ1) is 9.17. The van der Waals surface area contributed by atoms with E-state index < -0.39 is 6.10 Å². The van der Waals surface area contributed by atoms with E-state index in [0.717, 1.165) is 24.3 Å². The number of hydrogen-bond acceptors (Lipinski definition) is 2. The second kappa shape index (κ2) is 5.18. The first-order valence-electron chi connectivity index (χ1n) is 7.88. The monoisotopic (exact) mass is 279 g/mol. The van der Waals surface area contributed by atoms with Crippen LogP contribution in [-0.4, -0.2) is 34.1 Å². The molecule has 3 rings (SSSR count). The molecule has 3 atom stereocenters. The van der Waals surface area contributed by atoms with Crippen LogP contribution in [0.15, 0.2) is 11.6 Å². The second-order valence-electron chi connectivity index (χ2n) is 7.58. The third-order valence-corrected chi connectivity index (χ3v) is 5.43. The SMILES string of the molecule is CC(C)N(C(=O)[C@H](O)C1=CC[C@H]2C[C@@H]1C2(C)C)C(C)C. The van der Waals surface area contributed by atoms with E-state index in [1.165, 1.54) is 0 Å². The van der Waals surface area contributed by atoms with Crippen molar-refractivity contribution in [1.82, 2.24) is 4.90 Å². The summed E-state index contributed by atoms with van der Waals surface area (Å²) in [5.41, 5.74) is 1.21. The summed E-state index contributed by atoms with van der Waals surface area (Å²) in [6, 6.07) is 0.229. The minimum Gasteiger partial charge on any atom is -0.379 e. The maximum atomic E-state index is 12.6. The molecule has 0 aromatic heterocycles. The van der Waals surface area contributed by atoms with Crippen LogP contribution in [0, 0.1) is 17.3 Å². The van der Waals surface area contributed by atoms with Crippen molar-refractivity contribution in [1.29, 1.82) is 0 Å². The van der Waals surface area contributed by atoms with Gasteiger partial charge in [0.15, 0.2) is 6.10 Å². The van der Waals surface area contributed by atoms with Gasteiger partial charge in [-0.3, -0.25) is 4.79 Å². The Morgan fingerprint density at radius 3 is 2.25 bits per heavy atom. The molecule has 3 heteroatoms. The van der Waals surface area contributed by atoms with Gasteiger partial charge in [-0.05, 0) is 63.4 Å². The molecule has 0 unspecified atom stereocenters. The van der Waals surface area contributed by atoms with Gasteiger partial charge in [0.2, 0.25) is 0 Å². The second-order valence-corrected chi connectivity index (χ2v) is 7.58. The van der Waals surface area contributed by atoms with Crippen molar-refractivity contribution in [2.45, 2.75) is 72.6 Å². The average Bonchev–Trinajstić information content (AvgIpc) is 2.36. The highest BCUT2D eigenvalue weighted by Gasteiger charge is 2.53. The quantitative estimate of drug-likeness (QED) is 0.804. The van der Waals surface area contributed by atoms with Gasteiger partial charge >= 0.3 is 0 Å². The van der Waals surface area contributed by atoms with E-state index in [-0.39, 0.29) is 23.4 Å². The highest BCUT2D eigenvalue weighted by molar-refractivity contribution is 5.84. The number of rotatable bonds is 4. The van der Waals surface area contributed by atoms with Crippen LogP contribution in [0.25, 0.3) is 0 Å². The van der Waals surface area contributed by atoms with Gasteiger partial charge in [-0.15, -0.1) is 0 Å². The Morgan fingerprint density at radius 1 is 1.30 bits per heavy atom. The summed E-state index contributed by atoms with van der Waals surface area (Å²) in [5.74, 6) is 0.966. The molecule has 1 amide bonds. The molecule has 1 saturated carbocycles. The molecule has 0 saturated heterocycles. The lowest BCUT2D eigenvalue weighted by Crippen LogP contribution is -2.54. The molecule has 0 aromatic rings. The summed E-state index contributed by atoms with van der Waals surface area (Å²) in [6.07, 6.45) is 3.30. The lowest BCUT2D eigenvalue weighted by Gasteiger charge is -2.57. The standard InChI is InChI=1S/C17H29NO2/c1-10(2)18(11(3)4)16(20)15(19)13-8-7-12-9-14(13)17(12,5)6/h8,10-12,14-15,19H,7,9H2,1-6H3/t12-,14-,15+/m0/s1. The van der Waals surface area contributed by atoms with Crippen molar-refractivity contribution in [3.63, 3.8) is 0 Å². The Balaban J connectivity index is 2.17. The molecule has 3 aliphatic rings. The summed E-state index contributed by atoms with van der Waals surface area (Å²) in [5, 5.41) is 10.6. The zero-order valence-electron chi connectivity index (χ0n) is 13.7. The summed E-state index contributed by atoms with van der Waals surface area (Å²) < 4.78 is 0. The molecule has 20 heavy (non-hydrogen) atoms. The van der Waals surface area contributed by atoms with E-state index in [9.17, 15) is 9.90 Å². The van der Waals surface area contributed by atoms with Gasteiger partial charge in [0.1, 0.15) is 0 Å². The number of aliphatic hydroxyl groups is 1. The predicted molar refractivity (Wildman–Crippen MR) is 81.2 cm³/mol. The van der Waals surface area contributed by atoms with E-state index in [0.29, 0.717) is 5.92 Å². The van der Waals surface area contributed by atoms with Gasteiger partial charge < -0.3 is 10.0 Å². The minimum absolute atomic E-state index is 0.114. The van der Waals surface area contributed by atoms with Gasteiger partial charge in [-0.2, -0.15) is 0 Å². The van der Waals surface area contributed by atoms with Crippen LogP contribution in [0.4, 0.5) is 0 Å². The fourth-order valence-electron chi connectivity index (χ4n) is 4.09. The number of amides is 1. The lowest BCUT2D eigenvalue weighted by molar-refractivity contribution is -0.143. The normalized spacial score (nSPS) is 28.9. The van der Waals surface area contributed by atoms with Crippen molar-refractivity contribution < 1.29 is 9.90 Å². The van der Waals surface area contributed by atoms with E-state index in [2.05, 4.69) is 19.9 Å². The smallest absolute Gasteiger partial charge is 0.256 e. The molecular weight excluding hydrogens is 250 g/mol. The van der Waals surface area contributed by atoms with Crippen LogP contribution in [0.1, 0.15) is 54.4 Å². The summed E-state index contributed by atoms with van der Waals surface area (Å²) >= 11 is 0. The highest BCUT2D eigenvalue weighted by atomic mass is 16.3. The minimum atomic E-state index is -0.953. The largest absolute Gasteiger partial charge is 0.379 e. The molecule has 0 spiro atoms. The molecule has 3 aliphatic carbocycles. The number of nitrogens with zero attached hydrogens (tertiary/aromatic N) is 1. The topological polar surface area (TPSA) is 40.5 Å². The van der Waals surface area contributed by atoms with Crippen LogP contribution in [0.5, 0.6) is 0 Å². The van der Waals surface area contributed by atoms with Gasteiger partial charge in [0.05, 0.1) is 0 Å². The first-order valence-corrected chi connectivity index (χ1v) is 7.88. The number of carbonyl (C=O) groups is 1. The number of allylic oxidation sites excluding steroid dienone is 1. The van der Waals surface area contributed by atoms with Crippen molar-refractivity contribution in [2.75, 3.05) is 0 Å². The van der Waals surface area contributed by atoms with Gasteiger partial charge in [0.25, 0.3) is 5.91 Å². The van der Waals surface area contributed by atoms with Gasteiger partial charge in [-0.1, -0.05) is 19.9 Å². The first kappa shape index (κ1) is 15.6. The molecule has 0 aliphatic heterocycles. The zero-order chi connectivity index (χ0) is 15.2. The van der Waals surface area contributed by atoms with E-state index in [4.69, 9.17) is 0 Å². The third kappa shape index (κ3) is 2.30. The summed E-state index contributed by atoms with van der Waals surface area (Å²) in [4.78, 5) is 14.4. The molecule has 0 radical (unpaired) electrons. The van der Waals surface area contributed by atoms with Crippen LogP contribution < -0.4 is 0 Å².